The van der Waals surface area contributed by atoms with Crippen LogP contribution in [0.3, 0.4) is 0 Å². The smallest absolute Gasteiger partial charge is 0.322 e. The summed E-state index contributed by atoms with van der Waals surface area (Å²) in [5.41, 5.74) is 2.43. The lowest BCUT2D eigenvalue weighted by atomic mass is 10.0. The number of hydrogen-bond acceptors (Lipinski definition) is 2. The third-order valence-electron chi connectivity index (χ3n) is 5.11. The molecule has 2 amide bonds. The molecule has 170 valence electrons. The zero-order valence-corrected chi connectivity index (χ0v) is 17.8. The first kappa shape index (κ1) is 22.8. The fraction of sp³-hybridized carbons (Fsp3) is 0.0370. The van der Waals surface area contributed by atoms with Crippen molar-refractivity contribution in [3.63, 3.8) is 0 Å². The molecule has 0 fully saturated rings. The number of anilines is 2. The van der Waals surface area contributed by atoms with Gasteiger partial charge in [0.05, 0.1) is 5.56 Å². The van der Waals surface area contributed by atoms with Gasteiger partial charge in [-0.2, -0.15) is 13.2 Å². The second kappa shape index (κ2) is 9.62. The Bertz CT molecular complexity index is 1300. The second-order valence-corrected chi connectivity index (χ2v) is 7.51. The molecule has 7 heteroatoms. The van der Waals surface area contributed by atoms with E-state index in [-0.39, 0.29) is 17.2 Å². The summed E-state index contributed by atoms with van der Waals surface area (Å²) >= 11 is 0. The average Bonchev–Trinajstić information content (AvgIpc) is 2.85. The van der Waals surface area contributed by atoms with Crippen molar-refractivity contribution < 1.29 is 22.8 Å². The van der Waals surface area contributed by atoms with Gasteiger partial charge in [0.1, 0.15) is 0 Å². The average molecular weight is 460 g/mol. The molecule has 2 N–H and O–H groups in total. The van der Waals surface area contributed by atoms with Gasteiger partial charge in [0.2, 0.25) is 0 Å². The number of hydrogen-bond donors (Lipinski definition) is 2. The van der Waals surface area contributed by atoms with Gasteiger partial charge in [0.15, 0.2) is 0 Å². The summed E-state index contributed by atoms with van der Waals surface area (Å²) in [7, 11) is 0. The normalized spacial score (nSPS) is 11.0. The first-order valence-electron chi connectivity index (χ1n) is 10.3. The van der Waals surface area contributed by atoms with Crippen LogP contribution in [0.2, 0.25) is 0 Å². The van der Waals surface area contributed by atoms with Gasteiger partial charge in [-0.3, -0.25) is 9.59 Å². The summed E-state index contributed by atoms with van der Waals surface area (Å²) in [6.45, 7) is 0. The van der Waals surface area contributed by atoms with Crippen molar-refractivity contribution in [3.8, 4) is 11.1 Å². The monoisotopic (exact) mass is 460 g/mol. The van der Waals surface area contributed by atoms with Crippen LogP contribution in [0, 0.1) is 0 Å². The van der Waals surface area contributed by atoms with E-state index in [1.807, 2.05) is 42.5 Å². The van der Waals surface area contributed by atoms with Crippen molar-refractivity contribution in [1.82, 2.24) is 0 Å². The molecular weight excluding hydrogens is 441 g/mol. The van der Waals surface area contributed by atoms with Crippen molar-refractivity contribution in [2.75, 3.05) is 10.6 Å². The molecule has 34 heavy (non-hydrogen) atoms. The first-order valence-corrected chi connectivity index (χ1v) is 10.3. The van der Waals surface area contributed by atoms with Crippen LogP contribution in [0.5, 0.6) is 0 Å². The van der Waals surface area contributed by atoms with Crippen molar-refractivity contribution in [2.24, 2.45) is 0 Å². The van der Waals surface area contributed by atoms with Gasteiger partial charge >= 0.3 is 6.18 Å². The van der Waals surface area contributed by atoms with Gasteiger partial charge in [0, 0.05) is 22.5 Å². The number of benzene rings is 4. The van der Waals surface area contributed by atoms with Gasteiger partial charge in [-0.15, -0.1) is 0 Å². The van der Waals surface area contributed by atoms with E-state index >= 15 is 0 Å². The van der Waals surface area contributed by atoms with Crippen LogP contribution in [0.4, 0.5) is 24.5 Å². The molecule has 0 unspecified atom stereocenters. The molecule has 4 rings (SSSR count). The van der Waals surface area contributed by atoms with Crippen LogP contribution in [0.15, 0.2) is 103 Å². The molecule has 0 saturated carbocycles. The minimum absolute atomic E-state index is 0.0381. The molecule has 0 saturated heterocycles. The van der Waals surface area contributed by atoms with E-state index in [1.54, 1.807) is 24.3 Å². The van der Waals surface area contributed by atoms with Crippen molar-refractivity contribution in [3.05, 3.63) is 120 Å². The molecule has 0 bridgehead atoms. The third-order valence-corrected chi connectivity index (χ3v) is 5.11. The molecule has 4 nitrogen and oxygen atoms in total. The number of halogens is 3. The lowest BCUT2D eigenvalue weighted by Gasteiger charge is -2.10. The number of amides is 2. The Morgan fingerprint density at radius 1 is 0.559 bits per heavy atom. The van der Waals surface area contributed by atoms with E-state index in [1.165, 1.54) is 24.3 Å². The number of rotatable bonds is 5. The molecular formula is C27H19F3N2O2. The molecule has 0 aromatic heterocycles. The molecule has 0 spiro atoms. The summed E-state index contributed by atoms with van der Waals surface area (Å²) in [4.78, 5) is 25.0. The maximum absolute atomic E-state index is 12.8. The molecule has 0 aliphatic heterocycles. The van der Waals surface area contributed by atoms with Crippen LogP contribution < -0.4 is 10.6 Å². The zero-order valence-electron chi connectivity index (χ0n) is 17.8. The van der Waals surface area contributed by atoms with Crippen molar-refractivity contribution in [2.45, 2.75) is 6.18 Å². The van der Waals surface area contributed by atoms with Crippen LogP contribution in [-0.4, -0.2) is 11.8 Å². The first-order chi connectivity index (χ1) is 16.3. The van der Waals surface area contributed by atoms with E-state index in [2.05, 4.69) is 10.6 Å². The van der Waals surface area contributed by atoms with Crippen LogP contribution in [0.1, 0.15) is 26.3 Å². The van der Waals surface area contributed by atoms with Gasteiger partial charge < -0.3 is 10.6 Å². The Kier molecular flexibility index (Phi) is 6.45. The minimum atomic E-state index is -4.50. The summed E-state index contributed by atoms with van der Waals surface area (Å²) < 4.78 is 38.5. The van der Waals surface area contributed by atoms with Gasteiger partial charge in [-0.25, -0.2) is 0 Å². The Morgan fingerprint density at radius 2 is 1.09 bits per heavy atom. The topological polar surface area (TPSA) is 58.2 Å². The standard InChI is InChI=1S/C27H19F3N2O2/c28-27(29,30)22-7-4-8-24(17-22)32-26(34)21-13-15-23(16-14-21)31-25(33)20-11-9-19(10-12-20)18-5-2-1-3-6-18/h1-17H,(H,31,33)(H,32,34). The zero-order chi connectivity index (χ0) is 24.1. The Morgan fingerprint density at radius 3 is 1.68 bits per heavy atom. The fourth-order valence-corrected chi connectivity index (χ4v) is 3.33. The molecule has 0 heterocycles. The quantitative estimate of drug-likeness (QED) is 0.341. The van der Waals surface area contributed by atoms with Crippen molar-refractivity contribution >= 4 is 23.2 Å². The predicted molar refractivity (Wildman–Crippen MR) is 126 cm³/mol. The number of carbonyl (C=O) groups is 2. The van der Waals surface area contributed by atoms with Crippen molar-refractivity contribution in [1.29, 1.82) is 0 Å². The van der Waals surface area contributed by atoms with Gasteiger partial charge in [-0.05, 0) is 65.7 Å². The highest BCUT2D eigenvalue weighted by atomic mass is 19.4. The summed E-state index contributed by atoms with van der Waals surface area (Å²) in [6, 6.07) is 27.5. The Balaban J connectivity index is 1.39. The lowest BCUT2D eigenvalue weighted by molar-refractivity contribution is -0.137. The largest absolute Gasteiger partial charge is 0.416 e. The summed E-state index contributed by atoms with van der Waals surface area (Å²) in [5.74, 6) is -0.866. The second-order valence-electron chi connectivity index (χ2n) is 7.51. The number of alkyl halides is 3. The van der Waals surface area contributed by atoms with Crippen LogP contribution in [-0.2, 0) is 6.18 Å². The highest BCUT2D eigenvalue weighted by molar-refractivity contribution is 6.06. The van der Waals surface area contributed by atoms with E-state index in [0.717, 1.165) is 23.3 Å². The Hall–Kier alpha value is -4.39. The molecule has 4 aromatic carbocycles. The number of nitrogens with one attached hydrogen (secondary N) is 2. The molecule has 0 atom stereocenters. The highest BCUT2D eigenvalue weighted by Gasteiger charge is 2.30. The minimum Gasteiger partial charge on any atom is -0.322 e. The van der Waals surface area contributed by atoms with Crippen LogP contribution >= 0.6 is 0 Å². The highest BCUT2D eigenvalue weighted by Crippen LogP contribution is 2.30. The van der Waals surface area contributed by atoms with Gasteiger partial charge in [0.25, 0.3) is 11.8 Å². The predicted octanol–water partition coefficient (Wildman–Crippen LogP) is 6.88. The summed E-state index contributed by atoms with van der Waals surface area (Å²) in [5, 5.41) is 5.21. The summed E-state index contributed by atoms with van der Waals surface area (Å²) in [6.07, 6.45) is -4.50. The van der Waals surface area contributed by atoms with E-state index in [4.69, 9.17) is 0 Å². The molecule has 0 aliphatic rings. The lowest BCUT2D eigenvalue weighted by Crippen LogP contribution is -2.14. The maximum atomic E-state index is 12.8. The SMILES string of the molecule is O=C(Nc1ccc(C(=O)Nc2cccc(C(F)(F)F)c2)cc1)c1ccc(-c2ccccc2)cc1. The van der Waals surface area contributed by atoms with E-state index < -0.39 is 17.6 Å². The third kappa shape index (κ3) is 5.50. The maximum Gasteiger partial charge on any atom is 0.416 e. The van der Waals surface area contributed by atoms with Gasteiger partial charge in [-0.1, -0.05) is 48.5 Å². The molecule has 4 aromatic rings. The van der Waals surface area contributed by atoms with E-state index in [9.17, 15) is 22.8 Å². The fourth-order valence-electron chi connectivity index (χ4n) is 3.33. The Labute approximate surface area is 194 Å². The molecule has 0 aliphatic carbocycles. The molecule has 0 radical (unpaired) electrons. The number of carbonyl (C=O) groups excluding carboxylic acids is 2. The van der Waals surface area contributed by atoms with E-state index in [0.29, 0.717) is 11.3 Å². The van der Waals surface area contributed by atoms with Crippen LogP contribution in [0.25, 0.3) is 11.1 Å².